The highest BCUT2D eigenvalue weighted by atomic mass is 15.3. The third-order valence-corrected chi connectivity index (χ3v) is 3.02. The Morgan fingerprint density at radius 2 is 2.22 bits per heavy atom. The molecule has 0 unspecified atom stereocenters. The summed E-state index contributed by atoms with van der Waals surface area (Å²) in [6.07, 6.45) is 5.55. The Labute approximate surface area is 110 Å². The molecule has 1 aliphatic carbocycles. The van der Waals surface area contributed by atoms with Crippen molar-refractivity contribution in [1.82, 2.24) is 9.97 Å². The first-order valence-electron chi connectivity index (χ1n) is 7.04. The summed E-state index contributed by atoms with van der Waals surface area (Å²) in [6, 6.07) is 2.72. The standard InChI is InChI=1S/C14H24N4/c1-4-8-15-14-16-9-7-13(17-14)18(10-11(2)3)12-5-6-12/h7,9,11-12H,4-6,8,10H2,1-3H3,(H,15,16,17). The van der Waals surface area contributed by atoms with Crippen LogP contribution in [0.2, 0.25) is 0 Å². The van der Waals surface area contributed by atoms with Crippen LogP contribution in [0, 0.1) is 5.92 Å². The molecule has 4 nitrogen and oxygen atoms in total. The molecule has 2 rings (SSSR count). The first kappa shape index (κ1) is 13.1. The number of hydrogen-bond donors (Lipinski definition) is 1. The zero-order valence-electron chi connectivity index (χ0n) is 11.7. The lowest BCUT2D eigenvalue weighted by molar-refractivity contribution is 0.602. The number of nitrogens with zero attached hydrogens (tertiary/aromatic N) is 3. The zero-order valence-corrected chi connectivity index (χ0v) is 11.7. The summed E-state index contributed by atoms with van der Waals surface area (Å²) in [5.41, 5.74) is 0. The van der Waals surface area contributed by atoms with Crippen molar-refractivity contribution in [3.63, 3.8) is 0 Å². The van der Waals surface area contributed by atoms with E-state index in [1.165, 1.54) is 12.8 Å². The molecular weight excluding hydrogens is 224 g/mol. The van der Waals surface area contributed by atoms with Gasteiger partial charge >= 0.3 is 0 Å². The molecule has 0 saturated heterocycles. The summed E-state index contributed by atoms with van der Waals surface area (Å²) in [6.45, 7) is 8.66. The molecule has 1 aromatic rings. The van der Waals surface area contributed by atoms with Crippen molar-refractivity contribution in [3.8, 4) is 0 Å². The second-order valence-electron chi connectivity index (χ2n) is 5.44. The van der Waals surface area contributed by atoms with E-state index in [0.717, 1.165) is 31.3 Å². The molecule has 0 radical (unpaired) electrons. The van der Waals surface area contributed by atoms with Gasteiger partial charge in [-0.05, 0) is 31.2 Å². The van der Waals surface area contributed by atoms with Crippen LogP contribution in [0.5, 0.6) is 0 Å². The van der Waals surface area contributed by atoms with Gasteiger partial charge in [0.25, 0.3) is 0 Å². The maximum Gasteiger partial charge on any atom is 0.224 e. The molecule has 1 saturated carbocycles. The van der Waals surface area contributed by atoms with Gasteiger partial charge in [0.15, 0.2) is 0 Å². The Morgan fingerprint density at radius 3 is 2.83 bits per heavy atom. The maximum atomic E-state index is 4.63. The van der Waals surface area contributed by atoms with Crippen molar-refractivity contribution < 1.29 is 0 Å². The van der Waals surface area contributed by atoms with E-state index in [0.29, 0.717) is 12.0 Å². The maximum absolute atomic E-state index is 4.63. The number of hydrogen-bond acceptors (Lipinski definition) is 4. The van der Waals surface area contributed by atoms with Crippen molar-refractivity contribution >= 4 is 11.8 Å². The topological polar surface area (TPSA) is 41.1 Å². The average Bonchev–Trinajstić information content (AvgIpc) is 3.18. The Kier molecular flexibility index (Phi) is 4.39. The van der Waals surface area contributed by atoms with Crippen LogP contribution < -0.4 is 10.2 Å². The predicted molar refractivity (Wildman–Crippen MR) is 76.0 cm³/mol. The molecule has 1 fully saturated rings. The van der Waals surface area contributed by atoms with Crippen LogP contribution >= 0.6 is 0 Å². The lowest BCUT2D eigenvalue weighted by Crippen LogP contribution is -2.30. The highest BCUT2D eigenvalue weighted by molar-refractivity contribution is 5.44. The molecule has 1 aliphatic rings. The van der Waals surface area contributed by atoms with Gasteiger partial charge in [0.2, 0.25) is 5.95 Å². The zero-order chi connectivity index (χ0) is 13.0. The number of aromatic nitrogens is 2. The highest BCUT2D eigenvalue weighted by Crippen LogP contribution is 2.31. The molecule has 1 heterocycles. The molecule has 1 N–H and O–H groups in total. The molecule has 0 aliphatic heterocycles. The average molecular weight is 248 g/mol. The normalized spacial score (nSPS) is 14.9. The highest BCUT2D eigenvalue weighted by Gasteiger charge is 2.30. The SMILES string of the molecule is CCCNc1nccc(N(CC(C)C)C2CC2)n1. The van der Waals surface area contributed by atoms with Crippen LogP contribution in [0.1, 0.15) is 40.0 Å². The van der Waals surface area contributed by atoms with Crippen LogP contribution in [0.25, 0.3) is 0 Å². The summed E-state index contributed by atoms with van der Waals surface area (Å²) < 4.78 is 0. The van der Waals surface area contributed by atoms with Crippen LogP contribution in [0.4, 0.5) is 11.8 Å². The molecule has 0 spiro atoms. The molecule has 18 heavy (non-hydrogen) atoms. The van der Waals surface area contributed by atoms with E-state index in [4.69, 9.17) is 0 Å². The van der Waals surface area contributed by atoms with Crippen LogP contribution in [-0.2, 0) is 0 Å². The first-order valence-corrected chi connectivity index (χ1v) is 7.04. The van der Waals surface area contributed by atoms with E-state index in [2.05, 4.69) is 41.0 Å². The molecule has 0 atom stereocenters. The van der Waals surface area contributed by atoms with E-state index >= 15 is 0 Å². The predicted octanol–water partition coefficient (Wildman–Crippen LogP) is 2.92. The number of rotatable bonds is 7. The fourth-order valence-electron chi connectivity index (χ4n) is 2.04. The van der Waals surface area contributed by atoms with E-state index in [9.17, 15) is 0 Å². The van der Waals surface area contributed by atoms with Crippen molar-refractivity contribution in [1.29, 1.82) is 0 Å². The minimum absolute atomic E-state index is 0.660. The molecule has 0 amide bonds. The Balaban J connectivity index is 2.08. The van der Waals surface area contributed by atoms with Gasteiger partial charge in [-0.15, -0.1) is 0 Å². The minimum Gasteiger partial charge on any atom is -0.354 e. The van der Waals surface area contributed by atoms with Crippen molar-refractivity contribution in [3.05, 3.63) is 12.3 Å². The molecule has 0 aromatic carbocycles. The summed E-state index contributed by atoms with van der Waals surface area (Å²) in [7, 11) is 0. The van der Waals surface area contributed by atoms with Crippen LogP contribution in [-0.4, -0.2) is 29.1 Å². The summed E-state index contributed by atoms with van der Waals surface area (Å²) in [5.74, 6) is 2.48. The summed E-state index contributed by atoms with van der Waals surface area (Å²) in [5, 5.41) is 3.25. The largest absolute Gasteiger partial charge is 0.354 e. The number of anilines is 2. The molecule has 4 heteroatoms. The van der Waals surface area contributed by atoms with E-state index in [-0.39, 0.29) is 0 Å². The van der Waals surface area contributed by atoms with Gasteiger partial charge in [0.05, 0.1) is 0 Å². The van der Waals surface area contributed by atoms with Gasteiger partial charge in [0.1, 0.15) is 5.82 Å². The van der Waals surface area contributed by atoms with Crippen molar-refractivity contribution in [2.45, 2.75) is 46.1 Å². The fraction of sp³-hybridized carbons (Fsp3) is 0.714. The summed E-state index contributed by atoms with van der Waals surface area (Å²) >= 11 is 0. The quantitative estimate of drug-likeness (QED) is 0.805. The Bertz CT molecular complexity index is 374. The van der Waals surface area contributed by atoms with Crippen LogP contribution in [0.15, 0.2) is 12.3 Å². The Hall–Kier alpha value is -1.32. The second kappa shape index (κ2) is 6.03. The third-order valence-electron chi connectivity index (χ3n) is 3.02. The monoisotopic (exact) mass is 248 g/mol. The van der Waals surface area contributed by atoms with Gasteiger partial charge < -0.3 is 10.2 Å². The first-order chi connectivity index (χ1) is 8.70. The van der Waals surface area contributed by atoms with Gasteiger partial charge in [-0.1, -0.05) is 20.8 Å². The van der Waals surface area contributed by atoms with Crippen molar-refractivity contribution in [2.24, 2.45) is 5.92 Å². The molecule has 100 valence electrons. The van der Waals surface area contributed by atoms with Gasteiger partial charge in [-0.2, -0.15) is 4.98 Å². The molecule has 0 bridgehead atoms. The van der Waals surface area contributed by atoms with E-state index in [1.807, 2.05) is 12.3 Å². The van der Waals surface area contributed by atoms with E-state index < -0.39 is 0 Å². The van der Waals surface area contributed by atoms with Gasteiger partial charge in [-0.25, -0.2) is 4.98 Å². The Morgan fingerprint density at radius 1 is 1.44 bits per heavy atom. The third kappa shape index (κ3) is 3.59. The smallest absolute Gasteiger partial charge is 0.224 e. The van der Waals surface area contributed by atoms with Gasteiger partial charge in [-0.3, -0.25) is 0 Å². The van der Waals surface area contributed by atoms with Crippen molar-refractivity contribution in [2.75, 3.05) is 23.3 Å². The summed E-state index contributed by atoms with van der Waals surface area (Å²) in [4.78, 5) is 11.3. The lowest BCUT2D eigenvalue weighted by Gasteiger charge is -2.25. The van der Waals surface area contributed by atoms with Gasteiger partial charge in [0, 0.05) is 25.3 Å². The lowest BCUT2D eigenvalue weighted by atomic mass is 10.2. The van der Waals surface area contributed by atoms with E-state index in [1.54, 1.807) is 0 Å². The molecule has 1 aromatic heterocycles. The fourth-order valence-corrected chi connectivity index (χ4v) is 2.04. The second-order valence-corrected chi connectivity index (χ2v) is 5.44. The van der Waals surface area contributed by atoms with Crippen LogP contribution in [0.3, 0.4) is 0 Å². The molecular formula is C14H24N4. The number of nitrogens with one attached hydrogen (secondary N) is 1. The minimum atomic E-state index is 0.660.